The lowest BCUT2D eigenvalue weighted by molar-refractivity contribution is -0.384. The maximum absolute atomic E-state index is 10.6. The fourth-order valence-electron chi connectivity index (χ4n) is 2.30. The highest BCUT2D eigenvalue weighted by atomic mass is 16.6. The molecule has 0 amide bonds. The van der Waals surface area contributed by atoms with Gasteiger partial charge in [-0.25, -0.2) is 0 Å². The number of nitriles is 2. The summed E-state index contributed by atoms with van der Waals surface area (Å²) in [6, 6.07) is 12.2. The van der Waals surface area contributed by atoms with Crippen molar-refractivity contribution in [2.75, 3.05) is 36.9 Å². The molecule has 0 saturated carbocycles. The van der Waals surface area contributed by atoms with E-state index in [2.05, 4.69) is 10.6 Å². The number of aliphatic hydroxyl groups is 2. The normalized spacial score (nSPS) is 9.33. The van der Waals surface area contributed by atoms with E-state index in [1.54, 1.807) is 0 Å². The third-order valence-corrected chi connectivity index (χ3v) is 3.55. The van der Waals surface area contributed by atoms with Crippen LogP contribution in [0.25, 0.3) is 0 Å². The quantitative estimate of drug-likeness (QED) is 0.364. The molecule has 0 bridgehead atoms. The molecule has 2 aromatic carbocycles. The number of aliphatic hydroxyl groups excluding tert-OH is 2. The predicted molar refractivity (Wildman–Crippen MR) is 107 cm³/mol. The van der Waals surface area contributed by atoms with Crippen molar-refractivity contribution in [3.63, 3.8) is 0 Å². The van der Waals surface area contributed by atoms with Crippen LogP contribution in [0.15, 0.2) is 36.4 Å². The zero-order valence-corrected chi connectivity index (χ0v) is 15.6. The van der Waals surface area contributed by atoms with Crippen LogP contribution in [-0.2, 0) is 0 Å². The fraction of sp³-hybridized carbons (Fsp3) is 0.222. The summed E-state index contributed by atoms with van der Waals surface area (Å²) in [7, 11) is 0. The monoisotopic (exact) mass is 414 g/mol. The van der Waals surface area contributed by atoms with Gasteiger partial charge in [-0.3, -0.25) is 20.2 Å². The SMILES string of the molecule is N#Cc1cccc([N+](=O)[O-])c1NCCO.N#Cc1cccc([N+](=O)[O-])c1NCCO. The Labute approximate surface area is 170 Å². The average molecular weight is 414 g/mol. The van der Waals surface area contributed by atoms with E-state index in [1.807, 2.05) is 12.1 Å². The highest BCUT2D eigenvalue weighted by Gasteiger charge is 2.17. The summed E-state index contributed by atoms with van der Waals surface area (Å²) in [5.74, 6) is 0. The fourth-order valence-corrected chi connectivity index (χ4v) is 2.30. The number of benzene rings is 2. The Kier molecular flexibility index (Phi) is 9.71. The second-order valence-electron chi connectivity index (χ2n) is 5.44. The van der Waals surface area contributed by atoms with Gasteiger partial charge in [-0.05, 0) is 12.1 Å². The number of nitrogens with zero attached hydrogens (tertiary/aromatic N) is 4. The molecule has 0 aliphatic rings. The second-order valence-corrected chi connectivity index (χ2v) is 5.44. The van der Waals surface area contributed by atoms with Gasteiger partial charge in [0.2, 0.25) is 0 Å². The van der Waals surface area contributed by atoms with Crippen LogP contribution in [0.2, 0.25) is 0 Å². The minimum Gasteiger partial charge on any atom is -0.395 e. The van der Waals surface area contributed by atoms with E-state index in [9.17, 15) is 20.2 Å². The first-order valence-electron chi connectivity index (χ1n) is 8.45. The molecule has 0 heterocycles. The first-order valence-corrected chi connectivity index (χ1v) is 8.45. The third-order valence-electron chi connectivity index (χ3n) is 3.55. The molecule has 12 heteroatoms. The molecule has 0 aromatic heterocycles. The van der Waals surface area contributed by atoms with Crippen molar-refractivity contribution in [2.45, 2.75) is 0 Å². The minimum absolute atomic E-state index is 0.152. The lowest BCUT2D eigenvalue weighted by Crippen LogP contribution is -2.08. The van der Waals surface area contributed by atoms with E-state index >= 15 is 0 Å². The van der Waals surface area contributed by atoms with Gasteiger partial charge in [-0.1, -0.05) is 12.1 Å². The first-order chi connectivity index (χ1) is 14.4. The van der Waals surface area contributed by atoms with Crippen molar-refractivity contribution in [2.24, 2.45) is 0 Å². The topological polar surface area (TPSA) is 198 Å². The summed E-state index contributed by atoms with van der Waals surface area (Å²) in [6.07, 6.45) is 0. The van der Waals surface area contributed by atoms with Gasteiger partial charge in [0.25, 0.3) is 11.4 Å². The van der Waals surface area contributed by atoms with Gasteiger partial charge < -0.3 is 20.8 Å². The number of nitro groups is 2. The van der Waals surface area contributed by atoms with Crippen molar-refractivity contribution >= 4 is 22.7 Å². The molecule has 0 radical (unpaired) electrons. The summed E-state index contributed by atoms with van der Waals surface area (Å²) in [5, 5.41) is 61.3. The van der Waals surface area contributed by atoms with Gasteiger partial charge in [-0.15, -0.1) is 0 Å². The summed E-state index contributed by atoms with van der Waals surface area (Å²) in [5.41, 5.74) is 0.360. The van der Waals surface area contributed by atoms with E-state index in [1.165, 1.54) is 36.4 Å². The van der Waals surface area contributed by atoms with Crippen molar-refractivity contribution in [1.29, 1.82) is 10.5 Å². The maximum atomic E-state index is 10.6. The van der Waals surface area contributed by atoms with E-state index in [-0.39, 0.29) is 60.2 Å². The molecule has 0 saturated heterocycles. The zero-order chi connectivity index (χ0) is 22.5. The van der Waals surface area contributed by atoms with E-state index < -0.39 is 9.85 Å². The predicted octanol–water partition coefficient (Wildman–Crippen LogP) is 1.74. The number of nitrogens with one attached hydrogen (secondary N) is 2. The van der Waals surface area contributed by atoms with Gasteiger partial charge in [0.1, 0.15) is 23.5 Å². The summed E-state index contributed by atoms with van der Waals surface area (Å²) >= 11 is 0. The van der Waals surface area contributed by atoms with E-state index in [0.29, 0.717) is 0 Å². The van der Waals surface area contributed by atoms with Crippen LogP contribution < -0.4 is 10.6 Å². The Morgan fingerprint density at radius 2 is 1.17 bits per heavy atom. The van der Waals surface area contributed by atoms with Crippen LogP contribution in [0.3, 0.4) is 0 Å². The molecule has 0 aliphatic heterocycles. The Balaban J connectivity index is 0.000000300. The van der Waals surface area contributed by atoms with Crippen molar-refractivity contribution in [3.8, 4) is 12.1 Å². The molecule has 0 unspecified atom stereocenters. The molecule has 0 fully saturated rings. The minimum atomic E-state index is -0.569. The number of anilines is 2. The van der Waals surface area contributed by atoms with Crippen LogP contribution in [0.5, 0.6) is 0 Å². The summed E-state index contributed by atoms with van der Waals surface area (Å²) in [4.78, 5) is 20.2. The molecule has 0 atom stereocenters. The second kappa shape index (κ2) is 12.2. The lowest BCUT2D eigenvalue weighted by Gasteiger charge is -2.06. The highest BCUT2D eigenvalue weighted by Crippen LogP contribution is 2.28. The largest absolute Gasteiger partial charge is 0.395 e. The molecule has 30 heavy (non-hydrogen) atoms. The molecule has 2 aromatic rings. The van der Waals surface area contributed by atoms with Crippen LogP contribution in [0, 0.1) is 42.9 Å². The Bertz CT molecular complexity index is 903. The molecule has 2 rings (SSSR count). The molecule has 0 spiro atoms. The van der Waals surface area contributed by atoms with Crippen LogP contribution in [-0.4, -0.2) is 46.4 Å². The summed E-state index contributed by atoms with van der Waals surface area (Å²) < 4.78 is 0. The van der Waals surface area contributed by atoms with Gasteiger partial charge >= 0.3 is 0 Å². The van der Waals surface area contributed by atoms with Crippen molar-refractivity contribution in [1.82, 2.24) is 0 Å². The van der Waals surface area contributed by atoms with Crippen LogP contribution in [0.4, 0.5) is 22.7 Å². The highest BCUT2D eigenvalue weighted by molar-refractivity contribution is 5.70. The Morgan fingerprint density at radius 3 is 1.43 bits per heavy atom. The first kappa shape index (κ1) is 23.8. The lowest BCUT2D eigenvalue weighted by atomic mass is 10.1. The number of rotatable bonds is 8. The van der Waals surface area contributed by atoms with Crippen molar-refractivity contribution in [3.05, 3.63) is 67.8 Å². The number of hydrogen-bond acceptors (Lipinski definition) is 10. The number of para-hydroxylation sites is 2. The molecule has 4 N–H and O–H groups in total. The third kappa shape index (κ3) is 6.42. The van der Waals surface area contributed by atoms with E-state index in [4.69, 9.17) is 20.7 Å². The van der Waals surface area contributed by atoms with Gasteiger partial charge in [0, 0.05) is 25.2 Å². The molecular formula is C18H18N6O6. The van der Waals surface area contributed by atoms with Crippen LogP contribution in [0.1, 0.15) is 11.1 Å². The van der Waals surface area contributed by atoms with Gasteiger partial charge in [0.15, 0.2) is 0 Å². The Morgan fingerprint density at radius 1 is 0.800 bits per heavy atom. The molecule has 156 valence electrons. The summed E-state index contributed by atoms with van der Waals surface area (Å²) in [6.45, 7) is 0.0207. The smallest absolute Gasteiger partial charge is 0.293 e. The average Bonchev–Trinajstić information content (AvgIpc) is 2.75. The number of nitro benzene ring substituents is 2. The Hall–Kier alpha value is -4.26. The van der Waals surface area contributed by atoms with Gasteiger partial charge in [-0.2, -0.15) is 10.5 Å². The number of hydrogen-bond donors (Lipinski definition) is 4. The maximum Gasteiger partial charge on any atom is 0.293 e. The molecular weight excluding hydrogens is 396 g/mol. The van der Waals surface area contributed by atoms with Crippen LogP contribution >= 0.6 is 0 Å². The van der Waals surface area contributed by atoms with E-state index in [0.717, 1.165) is 0 Å². The molecule has 0 aliphatic carbocycles. The molecule has 12 nitrogen and oxygen atoms in total. The zero-order valence-electron chi connectivity index (χ0n) is 15.6. The van der Waals surface area contributed by atoms with Crippen molar-refractivity contribution < 1.29 is 20.1 Å². The standard InChI is InChI=1S/2C9H9N3O3/c2*10-6-7-2-1-3-8(12(14)15)9(7)11-4-5-13/h2*1-3,11,13H,4-5H2. The van der Waals surface area contributed by atoms with Gasteiger partial charge in [0.05, 0.1) is 34.2 Å².